The normalized spacial score (nSPS) is 40.8. The highest BCUT2D eigenvalue weighted by Gasteiger charge is 2.64. The molecule has 1 spiro atoms. The Labute approximate surface area is 175 Å². The van der Waals surface area contributed by atoms with Crippen molar-refractivity contribution in [2.45, 2.75) is 83.7 Å². The van der Waals surface area contributed by atoms with Crippen molar-refractivity contribution in [2.24, 2.45) is 23.2 Å². The molecule has 4 aliphatic rings. The first kappa shape index (κ1) is 21.5. The summed E-state index contributed by atoms with van der Waals surface area (Å²) in [4.78, 5) is 12.6. The van der Waals surface area contributed by atoms with Crippen LogP contribution in [0.1, 0.15) is 65.7 Å². The summed E-state index contributed by atoms with van der Waals surface area (Å²) in [6.07, 6.45) is 7.60. The molecule has 6 nitrogen and oxygen atoms in total. The van der Waals surface area contributed by atoms with E-state index >= 15 is 0 Å². The maximum absolute atomic E-state index is 12.6. The van der Waals surface area contributed by atoms with Gasteiger partial charge >= 0.3 is 5.97 Å². The molecule has 0 bridgehead atoms. The number of hydrogen-bond donors (Lipinski definition) is 1. The molecule has 0 amide bonds. The zero-order valence-electron chi connectivity index (χ0n) is 18.4. The number of nitrogens with one attached hydrogen (secondary N) is 1. The van der Waals surface area contributed by atoms with Gasteiger partial charge in [-0.05, 0) is 76.7 Å². The molecule has 0 radical (unpaired) electrons. The number of carbonyl (C=O) groups excluding carboxylic acids is 1. The second-order valence-electron chi connectivity index (χ2n) is 9.79. The summed E-state index contributed by atoms with van der Waals surface area (Å²) in [6, 6.07) is 0. The molecule has 2 aliphatic carbocycles. The monoisotopic (exact) mass is 409 g/mol. The first-order valence-electron chi connectivity index (χ1n) is 11.8. The number of esters is 1. The molecule has 0 aromatic carbocycles. The highest BCUT2D eigenvalue weighted by atomic mass is 16.7. The summed E-state index contributed by atoms with van der Waals surface area (Å²) in [5.41, 5.74) is 0.390. The molecule has 4 rings (SSSR count). The summed E-state index contributed by atoms with van der Waals surface area (Å²) in [5.74, 6) is 0.908. The van der Waals surface area contributed by atoms with Crippen LogP contribution in [0.5, 0.6) is 0 Å². The summed E-state index contributed by atoms with van der Waals surface area (Å²) < 4.78 is 23.1. The SMILES string of the molecule is CCOC(CCCNCC1C(=O)OC2CC3(C)CCCC4(CO4)C3CC21)OCC. The smallest absolute Gasteiger partial charge is 0.310 e. The second kappa shape index (κ2) is 8.81. The lowest BCUT2D eigenvalue weighted by molar-refractivity contribution is -0.147. The van der Waals surface area contributed by atoms with Gasteiger partial charge in [-0.15, -0.1) is 0 Å². The highest BCUT2D eigenvalue weighted by molar-refractivity contribution is 5.75. The van der Waals surface area contributed by atoms with Crippen LogP contribution < -0.4 is 5.32 Å². The summed E-state index contributed by atoms with van der Waals surface area (Å²) in [6.45, 7) is 10.2. The fraction of sp³-hybridized carbons (Fsp3) is 0.957. The molecule has 4 fully saturated rings. The van der Waals surface area contributed by atoms with Crippen molar-refractivity contribution >= 4 is 5.97 Å². The third-order valence-corrected chi connectivity index (χ3v) is 7.94. The van der Waals surface area contributed by atoms with Gasteiger partial charge in [0, 0.05) is 25.7 Å². The Morgan fingerprint density at radius 1 is 1.24 bits per heavy atom. The minimum Gasteiger partial charge on any atom is -0.462 e. The van der Waals surface area contributed by atoms with Crippen LogP contribution >= 0.6 is 0 Å². The van der Waals surface area contributed by atoms with Crippen LogP contribution in [-0.4, -0.2) is 56.9 Å². The Bertz CT molecular complexity index is 574. The number of carbonyl (C=O) groups is 1. The zero-order valence-corrected chi connectivity index (χ0v) is 18.4. The molecule has 2 heterocycles. The van der Waals surface area contributed by atoms with Crippen LogP contribution in [0.2, 0.25) is 0 Å². The van der Waals surface area contributed by atoms with Crippen LogP contribution in [-0.2, 0) is 23.7 Å². The van der Waals surface area contributed by atoms with E-state index in [1.807, 2.05) is 13.8 Å². The predicted molar refractivity (Wildman–Crippen MR) is 109 cm³/mol. The van der Waals surface area contributed by atoms with E-state index in [9.17, 15) is 4.79 Å². The van der Waals surface area contributed by atoms with Crippen LogP contribution in [0.4, 0.5) is 0 Å². The van der Waals surface area contributed by atoms with E-state index in [0.29, 0.717) is 31.6 Å². The average molecular weight is 410 g/mol. The van der Waals surface area contributed by atoms with Gasteiger partial charge in [-0.3, -0.25) is 4.79 Å². The van der Waals surface area contributed by atoms with Crippen molar-refractivity contribution in [1.29, 1.82) is 0 Å². The lowest BCUT2D eigenvalue weighted by Crippen LogP contribution is -2.51. The van der Waals surface area contributed by atoms with E-state index in [1.54, 1.807) is 0 Å². The molecular formula is C23H39NO5. The standard InChI is InChI=1S/C23H39NO5/c1-4-26-20(27-5-2)8-6-11-24-14-17-16-12-19-22(3,13-18(16)29-21(17)25)9-7-10-23(19)15-28-23/h16-20,24H,4-15H2,1-3H3. The van der Waals surface area contributed by atoms with Gasteiger partial charge in [-0.1, -0.05) is 6.92 Å². The van der Waals surface area contributed by atoms with Gasteiger partial charge < -0.3 is 24.3 Å². The average Bonchev–Trinajstić information content (AvgIpc) is 3.38. The minimum atomic E-state index is -0.121. The Morgan fingerprint density at radius 2 is 2.00 bits per heavy atom. The fourth-order valence-electron chi connectivity index (χ4n) is 6.43. The number of hydrogen-bond acceptors (Lipinski definition) is 6. The van der Waals surface area contributed by atoms with Gasteiger partial charge in [-0.2, -0.15) is 0 Å². The number of fused-ring (bicyclic) bond motifs is 3. The molecule has 6 heteroatoms. The summed E-state index contributed by atoms with van der Waals surface area (Å²) in [5, 5.41) is 3.51. The van der Waals surface area contributed by atoms with Crippen molar-refractivity contribution < 1.29 is 23.7 Å². The Morgan fingerprint density at radius 3 is 2.69 bits per heavy atom. The van der Waals surface area contributed by atoms with E-state index < -0.39 is 0 Å². The largest absolute Gasteiger partial charge is 0.462 e. The molecule has 2 aliphatic heterocycles. The lowest BCUT2D eigenvalue weighted by Gasteiger charge is -2.51. The van der Waals surface area contributed by atoms with E-state index in [4.69, 9.17) is 18.9 Å². The quantitative estimate of drug-likeness (QED) is 0.258. The molecule has 0 aromatic heterocycles. The van der Waals surface area contributed by atoms with Crippen molar-refractivity contribution in [3.63, 3.8) is 0 Å². The Kier molecular flexibility index (Phi) is 6.55. The molecule has 2 saturated heterocycles. The molecule has 166 valence electrons. The maximum Gasteiger partial charge on any atom is 0.310 e. The second-order valence-corrected chi connectivity index (χ2v) is 9.79. The van der Waals surface area contributed by atoms with Gasteiger partial charge in [0.25, 0.3) is 0 Å². The van der Waals surface area contributed by atoms with Crippen LogP contribution in [0, 0.1) is 23.2 Å². The molecular weight excluding hydrogens is 370 g/mol. The molecule has 1 N–H and O–H groups in total. The molecule has 29 heavy (non-hydrogen) atoms. The third kappa shape index (κ3) is 4.36. The summed E-state index contributed by atoms with van der Waals surface area (Å²) in [7, 11) is 0. The van der Waals surface area contributed by atoms with Gasteiger partial charge in [0.1, 0.15) is 6.10 Å². The van der Waals surface area contributed by atoms with E-state index in [-0.39, 0.29) is 35.3 Å². The maximum atomic E-state index is 12.6. The van der Waals surface area contributed by atoms with Gasteiger partial charge in [0.15, 0.2) is 6.29 Å². The highest BCUT2D eigenvalue weighted by Crippen LogP contribution is 2.62. The Hall–Kier alpha value is -0.690. The van der Waals surface area contributed by atoms with Gasteiger partial charge in [0.2, 0.25) is 0 Å². The van der Waals surface area contributed by atoms with Crippen LogP contribution in [0.3, 0.4) is 0 Å². The number of rotatable bonds is 10. The topological polar surface area (TPSA) is 69.3 Å². The zero-order chi connectivity index (χ0) is 20.5. The van der Waals surface area contributed by atoms with E-state index in [1.165, 1.54) is 19.3 Å². The Balaban J connectivity index is 1.28. The van der Waals surface area contributed by atoms with Crippen molar-refractivity contribution in [1.82, 2.24) is 5.32 Å². The first-order valence-corrected chi connectivity index (χ1v) is 11.8. The van der Waals surface area contributed by atoms with Crippen molar-refractivity contribution in [3.05, 3.63) is 0 Å². The minimum absolute atomic E-state index is 0.00187. The molecule has 6 unspecified atom stereocenters. The molecule has 0 aromatic rings. The summed E-state index contributed by atoms with van der Waals surface area (Å²) >= 11 is 0. The van der Waals surface area contributed by atoms with Gasteiger partial charge in [0.05, 0.1) is 18.1 Å². The van der Waals surface area contributed by atoms with Gasteiger partial charge in [-0.25, -0.2) is 0 Å². The molecule has 6 atom stereocenters. The van der Waals surface area contributed by atoms with E-state index in [2.05, 4.69) is 12.2 Å². The van der Waals surface area contributed by atoms with Crippen molar-refractivity contribution in [2.75, 3.05) is 32.9 Å². The van der Waals surface area contributed by atoms with Crippen LogP contribution in [0.25, 0.3) is 0 Å². The van der Waals surface area contributed by atoms with Crippen molar-refractivity contribution in [3.8, 4) is 0 Å². The number of epoxide rings is 1. The first-order chi connectivity index (χ1) is 14.0. The molecule has 2 saturated carbocycles. The fourth-order valence-corrected chi connectivity index (χ4v) is 6.43. The van der Waals surface area contributed by atoms with E-state index in [0.717, 1.165) is 38.8 Å². The van der Waals surface area contributed by atoms with Crippen LogP contribution in [0.15, 0.2) is 0 Å². The third-order valence-electron chi connectivity index (χ3n) is 7.94. The predicted octanol–water partition coefficient (Wildman–Crippen LogP) is 3.28. The lowest BCUT2D eigenvalue weighted by atomic mass is 9.53. The number of ether oxygens (including phenoxy) is 4.